The van der Waals surface area contributed by atoms with E-state index in [4.69, 9.17) is 15.7 Å². The molecule has 0 spiro atoms. The maximum atomic E-state index is 5.74. The van der Waals surface area contributed by atoms with Crippen LogP contribution in [0.2, 0.25) is 0 Å². The van der Waals surface area contributed by atoms with Gasteiger partial charge in [-0.2, -0.15) is 5.21 Å². The van der Waals surface area contributed by atoms with E-state index >= 15 is 0 Å². The molecule has 3 aromatic carbocycles. The van der Waals surface area contributed by atoms with E-state index in [1.165, 1.54) is 0 Å². The molecule has 2 heterocycles. The predicted octanol–water partition coefficient (Wildman–Crippen LogP) is 3.60. The van der Waals surface area contributed by atoms with E-state index in [-0.39, 0.29) is 0 Å². The zero-order valence-corrected chi connectivity index (χ0v) is 15.4. The van der Waals surface area contributed by atoms with Crippen LogP contribution in [0, 0.1) is 0 Å². The van der Waals surface area contributed by atoms with Crippen LogP contribution in [-0.2, 0) is 6.54 Å². The molecular weight excluding hydrogens is 362 g/mol. The lowest BCUT2D eigenvalue weighted by atomic mass is 10.0. The summed E-state index contributed by atoms with van der Waals surface area (Å²) in [5.41, 5.74) is 12.9. The number of fused-ring (bicyclic) bond motifs is 1. The van der Waals surface area contributed by atoms with Crippen LogP contribution in [0.3, 0.4) is 0 Å². The molecular formula is C22H17N7. The average molecular weight is 379 g/mol. The maximum Gasteiger partial charge on any atom is 0.204 e. The van der Waals surface area contributed by atoms with Crippen LogP contribution in [0.25, 0.3) is 44.9 Å². The number of H-pyrrole nitrogens is 1. The third kappa shape index (κ3) is 3.24. The summed E-state index contributed by atoms with van der Waals surface area (Å²) in [4.78, 5) is 9.90. The van der Waals surface area contributed by atoms with Gasteiger partial charge in [-0.1, -0.05) is 54.6 Å². The van der Waals surface area contributed by atoms with E-state index in [2.05, 4.69) is 20.6 Å². The Balaban J connectivity index is 1.73. The second kappa shape index (κ2) is 7.21. The SMILES string of the molecule is NCc1ccc(-c2nc3ccc(-c4nn[nH]n4)cc3nc2-c2ccccc2)cc1. The van der Waals surface area contributed by atoms with Crippen molar-refractivity contribution in [2.75, 3.05) is 0 Å². The number of benzene rings is 3. The number of aromatic nitrogens is 6. The maximum absolute atomic E-state index is 5.74. The topological polar surface area (TPSA) is 106 Å². The fourth-order valence-electron chi connectivity index (χ4n) is 3.27. The number of aromatic amines is 1. The lowest BCUT2D eigenvalue weighted by Gasteiger charge is -2.11. The fourth-order valence-corrected chi connectivity index (χ4v) is 3.27. The first-order valence-corrected chi connectivity index (χ1v) is 9.22. The van der Waals surface area contributed by atoms with Crippen LogP contribution < -0.4 is 5.73 Å². The predicted molar refractivity (Wildman–Crippen MR) is 111 cm³/mol. The molecule has 5 rings (SSSR count). The van der Waals surface area contributed by atoms with E-state index < -0.39 is 0 Å². The first kappa shape index (κ1) is 17.2. The lowest BCUT2D eigenvalue weighted by molar-refractivity contribution is 0.881. The molecule has 29 heavy (non-hydrogen) atoms. The molecule has 0 fully saturated rings. The van der Waals surface area contributed by atoms with Crippen LogP contribution >= 0.6 is 0 Å². The van der Waals surface area contributed by atoms with Crippen molar-refractivity contribution in [1.29, 1.82) is 0 Å². The quantitative estimate of drug-likeness (QED) is 0.494. The van der Waals surface area contributed by atoms with Crippen molar-refractivity contribution < 1.29 is 0 Å². The van der Waals surface area contributed by atoms with Crippen LogP contribution in [0.15, 0.2) is 72.8 Å². The molecule has 2 aromatic heterocycles. The third-order valence-electron chi connectivity index (χ3n) is 4.78. The van der Waals surface area contributed by atoms with Crippen molar-refractivity contribution in [2.24, 2.45) is 5.73 Å². The highest BCUT2D eigenvalue weighted by atomic mass is 15.5. The largest absolute Gasteiger partial charge is 0.326 e. The number of hydrogen-bond acceptors (Lipinski definition) is 6. The average Bonchev–Trinajstić information content (AvgIpc) is 3.33. The standard InChI is InChI=1S/C22H17N7/c23-13-14-6-8-16(9-7-14)21-20(15-4-2-1-3-5-15)25-19-12-17(10-11-18(19)24-21)22-26-28-29-27-22/h1-12H,13,23H2,(H,26,27,28,29). The Morgan fingerprint density at radius 1 is 0.724 bits per heavy atom. The normalized spacial score (nSPS) is 11.1. The van der Waals surface area contributed by atoms with Crippen LogP contribution in [0.5, 0.6) is 0 Å². The van der Waals surface area contributed by atoms with Gasteiger partial charge in [-0.3, -0.25) is 0 Å². The molecule has 3 N–H and O–H groups in total. The van der Waals surface area contributed by atoms with Gasteiger partial charge in [-0.05, 0) is 29.0 Å². The Kier molecular flexibility index (Phi) is 4.27. The van der Waals surface area contributed by atoms with Gasteiger partial charge in [0.2, 0.25) is 5.82 Å². The molecule has 7 heteroatoms. The molecule has 0 aliphatic rings. The number of nitrogens with one attached hydrogen (secondary N) is 1. The summed E-state index contributed by atoms with van der Waals surface area (Å²) in [7, 11) is 0. The molecule has 0 saturated heterocycles. The summed E-state index contributed by atoms with van der Waals surface area (Å²) in [5.74, 6) is 0.524. The van der Waals surface area contributed by atoms with Crippen molar-refractivity contribution in [1.82, 2.24) is 30.6 Å². The van der Waals surface area contributed by atoms with Gasteiger partial charge in [0.25, 0.3) is 0 Å². The fraction of sp³-hybridized carbons (Fsp3) is 0.0455. The third-order valence-corrected chi connectivity index (χ3v) is 4.78. The first-order chi connectivity index (χ1) is 14.3. The zero-order valence-electron chi connectivity index (χ0n) is 15.4. The molecule has 0 bridgehead atoms. The van der Waals surface area contributed by atoms with Crippen molar-refractivity contribution in [3.63, 3.8) is 0 Å². The molecule has 0 radical (unpaired) electrons. The Morgan fingerprint density at radius 2 is 1.41 bits per heavy atom. The van der Waals surface area contributed by atoms with Gasteiger partial charge in [0.15, 0.2) is 0 Å². The Labute approximate surface area is 166 Å². The monoisotopic (exact) mass is 379 g/mol. The summed E-state index contributed by atoms with van der Waals surface area (Å²) >= 11 is 0. The van der Waals surface area contributed by atoms with Crippen LogP contribution in [0.4, 0.5) is 0 Å². The molecule has 0 saturated carbocycles. The highest BCUT2D eigenvalue weighted by Gasteiger charge is 2.14. The van der Waals surface area contributed by atoms with Crippen molar-refractivity contribution >= 4 is 11.0 Å². The van der Waals surface area contributed by atoms with Crippen molar-refractivity contribution in [2.45, 2.75) is 6.54 Å². The van der Waals surface area contributed by atoms with E-state index in [0.717, 1.165) is 44.7 Å². The minimum Gasteiger partial charge on any atom is -0.326 e. The lowest BCUT2D eigenvalue weighted by Crippen LogP contribution is -1.98. The van der Waals surface area contributed by atoms with E-state index in [1.54, 1.807) is 0 Å². The molecule has 0 atom stereocenters. The number of nitrogens with two attached hydrogens (primary N) is 1. The molecule has 0 aliphatic carbocycles. The van der Waals surface area contributed by atoms with Gasteiger partial charge in [0, 0.05) is 23.2 Å². The number of tetrazole rings is 1. The number of rotatable bonds is 4. The summed E-state index contributed by atoms with van der Waals surface area (Å²) in [6, 6.07) is 24.0. The molecule has 0 aliphatic heterocycles. The van der Waals surface area contributed by atoms with Gasteiger partial charge < -0.3 is 5.73 Å². The molecule has 0 amide bonds. The van der Waals surface area contributed by atoms with E-state index in [1.807, 2.05) is 72.8 Å². The Hall–Kier alpha value is -3.97. The van der Waals surface area contributed by atoms with Gasteiger partial charge in [0.1, 0.15) is 0 Å². The molecule has 7 nitrogen and oxygen atoms in total. The smallest absolute Gasteiger partial charge is 0.204 e. The Bertz CT molecular complexity index is 1260. The second-order valence-electron chi connectivity index (χ2n) is 6.63. The molecule has 140 valence electrons. The second-order valence-corrected chi connectivity index (χ2v) is 6.63. The summed E-state index contributed by atoms with van der Waals surface area (Å²) in [6.45, 7) is 0.508. The van der Waals surface area contributed by atoms with E-state index in [9.17, 15) is 0 Å². The van der Waals surface area contributed by atoms with Crippen molar-refractivity contribution in [3.8, 4) is 33.9 Å². The first-order valence-electron chi connectivity index (χ1n) is 9.22. The van der Waals surface area contributed by atoms with Crippen LogP contribution in [0.1, 0.15) is 5.56 Å². The van der Waals surface area contributed by atoms with E-state index in [0.29, 0.717) is 12.4 Å². The van der Waals surface area contributed by atoms with Crippen LogP contribution in [-0.4, -0.2) is 30.6 Å². The number of hydrogen-bond donors (Lipinski definition) is 2. The molecule has 5 aromatic rings. The molecule has 0 unspecified atom stereocenters. The summed E-state index contributed by atoms with van der Waals surface area (Å²) < 4.78 is 0. The number of nitrogens with zero attached hydrogens (tertiary/aromatic N) is 5. The van der Waals surface area contributed by atoms with Gasteiger partial charge >= 0.3 is 0 Å². The van der Waals surface area contributed by atoms with Gasteiger partial charge in [-0.25, -0.2) is 9.97 Å². The van der Waals surface area contributed by atoms with Crippen molar-refractivity contribution in [3.05, 3.63) is 78.4 Å². The Morgan fingerprint density at radius 3 is 2.10 bits per heavy atom. The highest BCUT2D eigenvalue weighted by molar-refractivity contribution is 5.88. The summed E-state index contributed by atoms with van der Waals surface area (Å²) in [5, 5.41) is 14.2. The minimum absolute atomic E-state index is 0.508. The highest BCUT2D eigenvalue weighted by Crippen LogP contribution is 2.32. The summed E-state index contributed by atoms with van der Waals surface area (Å²) in [6.07, 6.45) is 0. The van der Waals surface area contributed by atoms with Gasteiger partial charge in [-0.15, -0.1) is 10.2 Å². The van der Waals surface area contributed by atoms with Gasteiger partial charge in [0.05, 0.1) is 22.4 Å². The minimum atomic E-state index is 0.508. The zero-order chi connectivity index (χ0) is 19.6.